The largest absolute Gasteiger partial charge is 0.346 e. The molecule has 0 spiro atoms. The van der Waals surface area contributed by atoms with E-state index in [0.717, 1.165) is 40.8 Å². The number of fused-ring (bicyclic) bond motifs is 1. The van der Waals surface area contributed by atoms with Crippen molar-refractivity contribution >= 4 is 34.2 Å². The van der Waals surface area contributed by atoms with Gasteiger partial charge in [-0.1, -0.05) is 6.42 Å². The number of aryl methyl sites for hydroxylation is 1. The van der Waals surface area contributed by atoms with Crippen LogP contribution in [0.15, 0.2) is 29.1 Å². The first-order valence-corrected chi connectivity index (χ1v) is 8.43. The van der Waals surface area contributed by atoms with Gasteiger partial charge in [0, 0.05) is 22.2 Å². The lowest BCUT2D eigenvalue weighted by molar-refractivity contribution is -0.117. The molecule has 2 aromatic rings. The van der Waals surface area contributed by atoms with Crippen molar-refractivity contribution in [3.05, 3.63) is 44.1 Å². The van der Waals surface area contributed by atoms with Crippen LogP contribution in [-0.2, 0) is 24.3 Å². The smallest absolute Gasteiger partial charge is 0.324 e. The molecule has 3 rings (SSSR count). The fraction of sp³-hybridized carbons (Fsp3) is 0.400. The summed E-state index contributed by atoms with van der Waals surface area (Å²) in [5.41, 5.74) is 0.536. The second-order valence-corrected chi connectivity index (χ2v) is 6.62. The van der Waals surface area contributed by atoms with E-state index in [9.17, 15) is 9.59 Å². The van der Waals surface area contributed by atoms with E-state index in [2.05, 4.69) is 33.0 Å². The average Bonchev–Trinajstić information content (AvgIpc) is 2.67. The van der Waals surface area contributed by atoms with Crippen molar-refractivity contribution < 1.29 is 4.79 Å². The molecular formula is C15H17IN4O2. The minimum absolute atomic E-state index is 0.0508. The van der Waals surface area contributed by atoms with Crippen molar-refractivity contribution in [2.24, 2.45) is 0 Å². The molecule has 2 heterocycles. The predicted octanol–water partition coefficient (Wildman–Crippen LogP) is 2.01. The van der Waals surface area contributed by atoms with Crippen molar-refractivity contribution in [3.8, 4) is 0 Å². The first kappa shape index (κ1) is 15.3. The number of carbonyl (C=O) groups is 1. The van der Waals surface area contributed by atoms with Gasteiger partial charge in [0.05, 0.1) is 0 Å². The van der Waals surface area contributed by atoms with Gasteiger partial charge in [0.25, 0.3) is 0 Å². The van der Waals surface area contributed by atoms with Crippen molar-refractivity contribution in [3.63, 3.8) is 0 Å². The molecule has 0 aliphatic carbocycles. The molecule has 116 valence electrons. The second kappa shape index (κ2) is 6.64. The summed E-state index contributed by atoms with van der Waals surface area (Å²) in [6.45, 7) is 0.651. The SMILES string of the molecule is O=C(Cn1nc2n(c1=O)CCCCC2)Nc1ccc(I)cc1. The zero-order chi connectivity index (χ0) is 15.5. The lowest BCUT2D eigenvalue weighted by Gasteiger charge is -2.04. The molecule has 0 radical (unpaired) electrons. The van der Waals surface area contributed by atoms with Gasteiger partial charge in [-0.2, -0.15) is 5.10 Å². The third-order valence-electron chi connectivity index (χ3n) is 3.70. The van der Waals surface area contributed by atoms with Crippen LogP contribution in [0.25, 0.3) is 0 Å². The van der Waals surface area contributed by atoms with Crippen molar-refractivity contribution in [2.45, 2.75) is 38.8 Å². The Bertz CT molecular complexity index is 733. The highest BCUT2D eigenvalue weighted by Crippen LogP contribution is 2.12. The minimum atomic E-state index is -0.239. The first-order chi connectivity index (χ1) is 10.6. The summed E-state index contributed by atoms with van der Waals surface area (Å²) < 4.78 is 4.07. The Hall–Kier alpha value is -1.64. The molecule has 1 aromatic carbocycles. The Morgan fingerprint density at radius 2 is 2.00 bits per heavy atom. The van der Waals surface area contributed by atoms with E-state index in [1.807, 2.05) is 24.3 Å². The number of nitrogens with zero attached hydrogens (tertiary/aromatic N) is 3. The van der Waals surface area contributed by atoms with Crippen LogP contribution in [0.1, 0.15) is 25.1 Å². The quantitative estimate of drug-likeness (QED) is 0.785. The summed E-state index contributed by atoms with van der Waals surface area (Å²) >= 11 is 2.21. The topological polar surface area (TPSA) is 68.9 Å². The van der Waals surface area contributed by atoms with Gasteiger partial charge in [-0.3, -0.25) is 9.36 Å². The summed E-state index contributed by atoms with van der Waals surface area (Å²) in [6.07, 6.45) is 3.97. The number of amides is 1. The number of nitrogens with one attached hydrogen (secondary N) is 1. The zero-order valence-electron chi connectivity index (χ0n) is 12.1. The standard InChI is InChI=1S/C15H17IN4O2/c16-11-5-7-12(8-6-11)17-14(21)10-20-15(22)19-9-3-1-2-4-13(19)18-20/h5-8H,1-4,9-10H2,(H,17,21). The van der Waals surface area contributed by atoms with Gasteiger partial charge in [-0.25, -0.2) is 9.48 Å². The number of carbonyl (C=O) groups excluding carboxylic acids is 1. The van der Waals surface area contributed by atoms with Crippen LogP contribution < -0.4 is 11.0 Å². The summed E-state index contributed by atoms with van der Waals surface area (Å²) in [5, 5.41) is 7.10. The molecular weight excluding hydrogens is 395 g/mol. The summed E-state index contributed by atoms with van der Waals surface area (Å²) in [5.74, 6) is 0.557. The molecule has 6 nitrogen and oxygen atoms in total. The van der Waals surface area contributed by atoms with Crippen LogP contribution in [0.4, 0.5) is 5.69 Å². The Morgan fingerprint density at radius 1 is 1.23 bits per heavy atom. The maximum atomic E-state index is 12.3. The number of aromatic nitrogens is 3. The van der Waals surface area contributed by atoms with Crippen LogP contribution in [0.2, 0.25) is 0 Å². The van der Waals surface area contributed by atoms with E-state index < -0.39 is 0 Å². The number of anilines is 1. The van der Waals surface area contributed by atoms with Crippen LogP contribution >= 0.6 is 22.6 Å². The van der Waals surface area contributed by atoms with Gasteiger partial charge in [-0.05, 0) is 59.7 Å². The number of benzene rings is 1. The molecule has 22 heavy (non-hydrogen) atoms. The van der Waals surface area contributed by atoms with Gasteiger partial charge in [0.1, 0.15) is 12.4 Å². The number of hydrogen-bond acceptors (Lipinski definition) is 3. The molecule has 0 atom stereocenters. The molecule has 1 N–H and O–H groups in total. The van der Waals surface area contributed by atoms with Crippen molar-refractivity contribution in [1.29, 1.82) is 0 Å². The Balaban J connectivity index is 1.71. The van der Waals surface area contributed by atoms with E-state index in [1.54, 1.807) is 4.57 Å². The second-order valence-electron chi connectivity index (χ2n) is 5.37. The fourth-order valence-corrected chi connectivity index (χ4v) is 2.96. The summed E-state index contributed by atoms with van der Waals surface area (Å²) in [4.78, 5) is 24.4. The predicted molar refractivity (Wildman–Crippen MR) is 91.8 cm³/mol. The third-order valence-corrected chi connectivity index (χ3v) is 4.42. The third kappa shape index (κ3) is 3.40. The normalized spacial score (nSPS) is 14.2. The lowest BCUT2D eigenvalue weighted by atomic mass is 10.2. The van der Waals surface area contributed by atoms with Crippen LogP contribution in [-0.4, -0.2) is 20.3 Å². The van der Waals surface area contributed by atoms with Crippen molar-refractivity contribution in [2.75, 3.05) is 5.32 Å². The zero-order valence-corrected chi connectivity index (χ0v) is 14.2. The monoisotopic (exact) mass is 412 g/mol. The van der Waals surface area contributed by atoms with Gasteiger partial charge in [0.15, 0.2) is 0 Å². The van der Waals surface area contributed by atoms with Gasteiger partial charge in [0.2, 0.25) is 5.91 Å². The highest BCUT2D eigenvalue weighted by Gasteiger charge is 2.17. The summed E-state index contributed by atoms with van der Waals surface area (Å²) in [7, 11) is 0. The van der Waals surface area contributed by atoms with Crippen molar-refractivity contribution in [1.82, 2.24) is 14.3 Å². The maximum Gasteiger partial charge on any atom is 0.346 e. The molecule has 0 saturated heterocycles. The van der Waals surface area contributed by atoms with E-state index in [4.69, 9.17) is 0 Å². The van der Waals surface area contributed by atoms with Crippen LogP contribution in [0.3, 0.4) is 0 Å². The summed E-state index contributed by atoms with van der Waals surface area (Å²) in [6, 6.07) is 7.51. The molecule has 0 unspecified atom stereocenters. The average molecular weight is 412 g/mol. The minimum Gasteiger partial charge on any atom is -0.324 e. The highest BCUT2D eigenvalue weighted by molar-refractivity contribution is 14.1. The maximum absolute atomic E-state index is 12.3. The Morgan fingerprint density at radius 3 is 2.77 bits per heavy atom. The van der Waals surface area contributed by atoms with E-state index in [0.29, 0.717) is 6.54 Å². The number of halogens is 1. The van der Waals surface area contributed by atoms with Gasteiger partial charge in [-0.15, -0.1) is 0 Å². The number of hydrogen-bond donors (Lipinski definition) is 1. The first-order valence-electron chi connectivity index (χ1n) is 7.35. The van der Waals surface area contributed by atoms with Gasteiger partial charge < -0.3 is 5.32 Å². The van der Waals surface area contributed by atoms with Crippen LogP contribution in [0.5, 0.6) is 0 Å². The van der Waals surface area contributed by atoms with Gasteiger partial charge >= 0.3 is 5.69 Å². The lowest BCUT2D eigenvalue weighted by Crippen LogP contribution is -2.30. The molecule has 1 aromatic heterocycles. The van der Waals surface area contributed by atoms with E-state index in [-0.39, 0.29) is 18.1 Å². The molecule has 1 aliphatic heterocycles. The molecule has 0 bridgehead atoms. The molecule has 1 amide bonds. The van der Waals surface area contributed by atoms with E-state index in [1.165, 1.54) is 4.68 Å². The fourth-order valence-electron chi connectivity index (χ4n) is 2.60. The molecule has 0 fully saturated rings. The highest BCUT2D eigenvalue weighted by atomic mass is 127. The van der Waals surface area contributed by atoms with Crippen LogP contribution in [0, 0.1) is 3.57 Å². The van der Waals surface area contributed by atoms with E-state index >= 15 is 0 Å². The molecule has 0 saturated carbocycles. The molecule has 7 heteroatoms. The Kier molecular flexibility index (Phi) is 4.60. The number of rotatable bonds is 3. The molecule has 1 aliphatic rings. The Labute approximate surface area is 141 Å².